The molecule has 113 heavy (non-hydrogen) atoms. The molecule has 3 rings (SSSR count). The molecule has 1 aromatic heterocycles. The Balaban J connectivity index is 2.23. The molecule has 15 amide bonds. The molecule has 23 N–H and O–H groups in total. The summed E-state index contributed by atoms with van der Waals surface area (Å²) >= 11 is 0. The van der Waals surface area contributed by atoms with Gasteiger partial charge in [-0.15, -0.1) is 0 Å². The van der Waals surface area contributed by atoms with Crippen LogP contribution in [0.1, 0.15) is 163 Å². The zero-order valence-corrected chi connectivity index (χ0v) is 64.1. The fraction of sp³-hybridized carbons (Fsp3) is 0.606. The first-order chi connectivity index (χ1) is 53.2. The molecule has 42 heteroatoms. The largest absolute Gasteiger partial charge is 0.481 e. The number of carbonyl (C=O) groups excluding carboxylic acids is 16. The van der Waals surface area contributed by atoms with E-state index < -0.39 is 261 Å². The smallest absolute Gasteiger partial charge is 0.329 e. The number of primary amides is 2. The van der Waals surface area contributed by atoms with Gasteiger partial charge in [-0.25, -0.2) is 4.79 Å². The number of unbranched alkanes of at least 4 members (excludes halogenated alkanes) is 7. The van der Waals surface area contributed by atoms with Gasteiger partial charge in [0.25, 0.3) is 0 Å². The number of carbonyl (C=O) groups is 20. The number of hydrogen-bond donors (Lipinski definition) is 20. The van der Waals surface area contributed by atoms with Gasteiger partial charge in [-0.1, -0.05) is 84.4 Å². The lowest BCUT2D eigenvalue weighted by Gasteiger charge is -2.32. The minimum Gasteiger partial charge on any atom is -0.481 e. The maximum absolute atomic E-state index is 14.9. The molecule has 1 aromatic carbocycles. The summed E-state index contributed by atoms with van der Waals surface area (Å²) in [6.45, 7) is 5.75. The number of aliphatic carboxylic acids is 4. The maximum atomic E-state index is 14.9. The number of nitrogens with zero attached hydrogens (tertiary/aromatic N) is 1. The van der Waals surface area contributed by atoms with E-state index in [2.05, 4.69) is 70.4 Å². The number of fused-ring (bicyclic) bond motifs is 1. The lowest BCUT2D eigenvalue weighted by molar-refractivity contribution is -0.159. The molecule has 42 nitrogen and oxygen atoms in total. The second-order valence-corrected chi connectivity index (χ2v) is 27.9. The Morgan fingerprint density at radius 2 is 1.13 bits per heavy atom. The van der Waals surface area contributed by atoms with Crippen LogP contribution in [0.2, 0.25) is 0 Å². The van der Waals surface area contributed by atoms with Crippen LogP contribution >= 0.6 is 0 Å². The quantitative estimate of drug-likeness (QED) is 0.0225. The van der Waals surface area contributed by atoms with E-state index in [9.17, 15) is 116 Å². The summed E-state index contributed by atoms with van der Waals surface area (Å²) in [6.07, 6.45) is -1.46. The lowest BCUT2D eigenvalue weighted by atomic mass is 9.95. The zero-order chi connectivity index (χ0) is 84.9. The number of para-hydroxylation sites is 1. The van der Waals surface area contributed by atoms with Crippen LogP contribution in [0.5, 0.6) is 0 Å². The number of ether oxygens (including phenoxy) is 1. The van der Waals surface area contributed by atoms with Crippen LogP contribution in [0.4, 0.5) is 0 Å². The Kier molecular flexibility index (Phi) is 40.5. The van der Waals surface area contributed by atoms with Crippen molar-refractivity contribution in [3.8, 4) is 0 Å². The Hall–Kier alpha value is -11.9. The number of likely N-dealkylation sites (N-methyl/N-ethyl adjacent to an activating group) is 1. The van der Waals surface area contributed by atoms with Crippen LogP contribution in [0, 0.1) is 11.8 Å². The van der Waals surface area contributed by atoms with E-state index in [1.807, 2.05) is 5.32 Å². The molecule has 1 fully saturated rings. The number of H-pyrrole nitrogens is 1. The predicted molar refractivity (Wildman–Crippen MR) is 396 cm³/mol. The highest BCUT2D eigenvalue weighted by Gasteiger charge is 2.42. The van der Waals surface area contributed by atoms with Crippen LogP contribution in [0.15, 0.2) is 30.5 Å². The van der Waals surface area contributed by atoms with Gasteiger partial charge in [-0.3, -0.25) is 91.1 Å². The summed E-state index contributed by atoms with van der Waals surface area (Å²) in [5.74, 6) is -29.1. The molecule has 0 radical (unpaired) electrons. The third-order valence-electron chi connectivity index (χ3n) is 17.9. The average molecular weight is 1600 g/mol. The number of aromatic nitrogens is 1. The third-order valence-corrected chi connectivity index (χ3v) is 17.9. The van der Waals surface area contributed by atoms with Gasteiger partial charge in [0.2, 0.25) is 88.6 Å². The summed E-state index contributed by atoms with van der Waals surface area (Å²) < 4.78 is 5.75. The predicted octanol–water partition coefficient (Wildman–Crippen LogP) is -4.82. The van der Waals surface area contributed by atoms with E-state index in [0.717, 1.165) is 59.9 Å². The fourth-order valence-corrected chi connectivity index (χ4v) is 11.7. The first-order valence-corrected chi connectivity index (χ1v) is 36.9. The Morgan fingerprint density at radius 3 is 1.73 bits per heavy atom. The molecule has 13 atom stereocenters. The maximum Gasteiger partial charge on any atom is 0.329 e. The van der Waals surface area contributed by atoms with Gasteiger partial charge < -0.3 is 116 Å². The van der Waals surface area contributed by atoms with E-state index >= 15 is 0 Å². The van der Waals surface area contributed by atoms with Crippen molar-refractivity contribution in [2.45, 2.75) is 236 Å². The number of nitrogens with one attached hydrogen (secondary N) is 13. The Bertz CT molecular complexity index is 3760. The van der Waals surface area contributed by atoms with Gasteiger partial charge >= 0.3 is 29.8 Å². The van der Waals surface area contributed by atoms with Crippen LogP contribution < -0.4 is 81.0 Å². The van der Waals surface area contributed by atoms with E-state index in [4.69, 9.17) is 21.9 Å². The zero-order valence-electron chi connectivity index (χ0n) is 64.1. The van der Waals surface area contributed by atoms with Crippen LogP contribution in [-0.2, 0) is 107 Å². The minimum atomic E-state index is -2.27. The average Bonchev–Trinajstić information content (AvgIpc) is 1.80. The molecule has 1 aliphatic rings. The monoisotopic (exact) mass is 1600 g/mol. The molecule has 0 aliphatic carbocycles. The number of amides is 15. The molecule has 13 unspecified atom stereocenters. The molecule has 2 heterocycles. The lowest BCUT2D eigenvalue weighted by Crippen LogP contribution is -2.62. The van der Waals surface area contributed by atoms with Crippen LogP contribution in [0.3, 0.4) is 0 Å². The van der Waals surface area contributed by atoms with Crippen LogP contribution in [0.25, 0.3) is 10.9 Å². The van der Waals surface area contributed by atoms with Crippen LogP contribution in [-0.4, -0.2) is 248 Å². The van der Waals surface area contributed by atoms with Crippen molar-refractivity contribution in [2.24, 2.45) is 29.0 Å². The molecule has 0 saturated carbocycles. The number of nitrogens with two attached hydrogens (primary N) is 3. The van der Waals surface area contributed by atoms with Crippen molar-refractivity contribution in [1.82, 2.24) is 73.7 Å². The van der Waals surface area contributed by atoms with Gasteiger partial charge in [-0.2, -0.15) is 0 Å². The first-order valence-electron chi connectivity index (χ1n) is 36.9. The van der Waals surface area contributed by atoms with E-state index in [-0.39, 0.29) is 38.6 Å². The number of carboxylic acid groups (broad SMARTS) is 4. The van der Waals surface area contributed by atoms with Crippen molar-refractivity contribution < 1.29 is 121 Å². The van der Waals surface area contributed by atoms with E-state index in [1.165, 1.54) is 13.8 Å². The van der Waals surface area contributed by atoms with Crippen molar-refractivity contribution in [3.05, 3.63) is 36.0 Å². The minimum absolute atomic E-state index is 0.00985. The van der Waals surface area contributed by atoms with Gasteiger partial charge in [-0.05, 0) is 76.0 Å². The Labute approximate surface area is 649 Å². The van der Waals surface area contributed by atoms with Gasteiger partial charge in [0, 0.05) is 43.4 Å². The normalized spacial score (nSPS) is 21.5. The molecule has 1 aliphatic heterocycles. The molecular weight excluding hydrogens is 1490 g/mol. The molecule has 1 saturated heterocycles. The van der Waals surface area contributed by atoms with E-state index in [0.29, 0.717) is 34.2 Å². The fourth-order valence-electron chi connectivity index (χ4n) is 11.7. The highest BCUT2D eigenvalue weighted by molar-refractivity contribution is 6.02. The van der Waals surface area contributed by atoms with E-state index in [1.54, 1.807) is 30.5 Å². The van der Waals surface area contributed by atoms with Crippen molar-refractivity contribution >= 4 is 129 Å². The van der Waals surface area contributed by atoms with Gasteiger partial charge in [0.05, 0.1) is 45.2 Å². The second kappa shape index (κ2) is 48.0. The second-order valence-electron chi connectivity index (χ2n) is 27.9. The summed E-state index contributed by atoms with van der Waals surface area (Å²) in [6, 6.07) is -14.3. The number of carboxylic acids is 4. The topological polar surface area (TPSA) is 673 Å². The summed E-state index contributed by atoms with van der Waals surface area (Å²) in [4.78, 5) is 276. The summed E-state index contributed by atoms with van der Waals surface area (Å²) in [5, 5.41) is 67.0. The highest BCUT2D eigenvalue weighted by atomic mass is 16.5. The Morgan fingerprint density at radius 1 is 0.566 bits per heavy atom. The number of cyclic esters (lactones) is 1. The van der Waals surface area contributed by atoms with Crippen molar-refractivity contribution in [1.29, 1.82) is 0 Å². The molecule has 2 aromatic rings. The number of esters is 1. The molecule has 0 spiro atoms. The first kappa shape index (κ1) is 95.3. The molecule has 0 bridgehead atoms. The summed E-state index contributed by atoms with van der Waals surface area (Å²) in [5.41, 5.74) is 17.9. The van der Waals surface area contributed by atoms with Crippen molar-refractivity contribution in [2.75, 3.05) is 26.7 Å². The van der Waals surface area contributed by atoms with Gasteiger partial charge in [0.1, 0.15) is 72.6 Å². The number of benzene rings is 1. The highest BCUT2D eigenvalue weighted by Crippen LogP contribution is 2.21. The van der Waals surface area contributed by atoms with Crippen molar-refractivity contribution in [3.63, 3.8) is 0 Å². The number of aromatic amines is 1. The molecule has 626 valence electrons. The third kappa shape index (κ3) is 34.1. The summed E-state index contributed by atoms with van der Waals surface area (Å²) in [7, 11) is 0.944. The van der Waals surface area contributed by atoms with Gasteiger partial charge in [0.15, 0.2) is 0 Å². The standard InChI is InChI=1S/C71H107N17O25/c1-8-9-10-11-12-13-14-22-51(91)78-44(27-39-32-75-41-20-16-15-19-40(39)41)65(106)81-43(23-24-54(94)95)64(105)83-46(29-50(74)90)68(109)87-60-38(6)113-71(112)58(35(2)3)85-69(110)59(36(4)26-55(96)97)86-67(108)45(28-49(73)89)79-52(92)33-76-62(103)47(30-56(98)99)84-63(104)42(21-17-18-25-72)80-66(107)48(31-57(100)101)82-61(102)37(5)77-53(93)34-88(7)70(60)111/h15-16,19-20,32,35-38,42-48,58-60,75H,8-14,17-18,21-31,33-34,72H2,1-7H3,(H2,73,89)(H2,74,90)(H,76,103)(H,77,93)(H,78,91)(H,79,92)(H,80,107)(H,81,106)(H,82,102)(H,83,105)(H,84,104)(H,85,110)(H,86,108)(H,87,109)(H,94,95)(H,96,97)(H,98,99)(H,100,101). The SMILES string of the molecule is CCCCCCCCCC(=O)NC(Cc1c[nH]c2ccccc12)C(=O)NC(CCC(=O)O)C(=O)NC(CC(N)=O)C(=O)NC1C(=O)N(C)CC(=O)NC(C)C(=O)NC(CC(=O)O)C(=O)NC(CCCCN)C(=O)NC(CC(=O)O)C(=O)NCC(=O)NC(CC(N)=O)C(=O)NC(C(C)CC(=O)O)C(=O)NC(C(C)C)C(=O)OC1C. The molecular formula is C71H107N17O25. The number of hydrogen-bond acceptors (Lipinski definition) is 22. The number of rotatable bonds is 36.